The molecule has 0 radical (unpaired) electrons. The summed E-state index contributed by atoms with van der Waals surface area (Å²) in [4.78, 5) is 11.8. The predicted octanol–water partition coefficient (Wildman–Crippen LogP) is 1.92. The average molecular weight is 296 g/mol. The van der Waals surface area contributed by atoms with Crippen LogP contribution in [0.15, 0.2) is 66.7 Å². The van der Waals surface area contributed by atoms with Crippen LogP contribution in [0.4, 0.5) is 0 Å². The zero-order valence-corrected chi connectivity index (χ0v) is 12.3. The Morgan fingerprint density at radius 1 is 1.05 bits per heavy atom. The van der Waals surface area contributed by atoms with E-state index in [9.17, 15) is 9.90 Å². The highest BCUT2D eigenvalue weighted by molar-refractivity contribution is 5.78. The molecule has 0 aliphatic heterocycles. The maximum absolute atomic E-state index is 11.8. The van der Waals surface area contributed by atoms with Gasteiger partial charge in [-0.25, -0.2) is 5.43 Å². The van der Waals surface area contributed by atoms with Gasteiger partial charge in [-0.1, -0.05) is 72.8 Å². The lowest BCUT2D eigenvalue weighted by atomic mass is 10.1. The van der Waals surface area contributed by atoms with Gasteiger partial charge in [0, 0.05) is 0 Å². The van der Waals surface area contributed by atoms with Crippen LogP contribution >= 0.6 is 0 Å². The van der Waals surface area contributed by atoms with Gasteiger partial charge in [0.1, 0.15) is 0 Å². The third-order valence-electron chi connectivity index (χ3n) is 3.12. The molecule has 0 aliphatic rings. The van der Waals surface area contributed by atoms with Gasteiger partial charge in [0.15, 0.2) is 0 Å². The number of nitrogens with one attached hydrogen (secondary N) is 2. The zero-order chi connectivity index (χ0) is 15.6. The lowest BCUT2D eigenvalue weighted by Crippen LogP contribution is -2.45. The minimum Gasteiger partial charge on any atom is -0.394 e. The Morgan fingerprint density at radius 2 is 1.68 bits per heavy atom. The number of aliphatic hydroxyl groups is 1. The molecule has 114 valence electrons. The number of amides is 1. The predicted molar refractivity (Wildman–Crippen MR) is 87.8 cm³/mol. The summed E-state index contributed by atoms with van der Waals surface area (Å²) in [5.74, 6) is -0.141. The molecule has 0 aromatic heterocycles. The van der Waals surface area contributed by atoms with Crippen molar-refractivity contribution in [1.29, 1.82) is 0 Å². The number of aliphatic hydroxyl groups excluding tert-OH is 1. The van der Waals surface area contributed by atoms with Crippen LogP contribution in [0.5, 0.6) is 0 Å². The van der Waals surface area contributed by atoms with Crippen molar-refractivity contribution in [2.75, 3.05) is 6.61 Å². The molecule has 22 heavy (non-hydrogen) atoms. The van der Waals surface area contributed by atoms with Gasteiger partial charge in [0.05, 0.1) is 19.1 Å². The van der Waals surface area contributed by atoms with E-state index in [0.717, 1.165) is 11.1 Å². The van der Waals surface area contributed by atoms with E-state index in [1.807, 2.05) is 72.8 Å². The first-order valence-electron chi connectivity index (χ1n) is 7.20. The molecule has 0 saturated carbocycles. The van der Waals surface area contributed by atoms with Crippen molar-refractivity contribution in [1.82, 2.24) is 10.9 Å². The van der Waals surface area contributed by atoms with Gasteiger partial charge < -0.3 is 5.11 Å². The second-order valence-electron chi connectivity index (χ2n) is 4.91. The van der Waals surface area contributed by atoms with Crippen molar-refractivity contribution in [2.45, 2.75) is 12.5 Å². The van der Waals surface area contributed by atoms with Crippen molar-refractivity contribution in [2.24, 2.45) is 0 Å². The topological polar surface area (TPSA) is 61.4 Å². The zero-order valence-electron chi connectivity index (χ0n) is 12.3. The summed E-state index contributed by atoms with van der Waals surface area (Å²) in [7, 11) is 0. The van der Waals surface area contributed by atoms with E-state index >= 15 is 0 Å². The number of hydrogen-bond donors (Lipinski definition) is 3. The average Bonchev–Trinajstić information content (AvgIpc) is 2.57. The molecule has 0 aliphatic carbocycles. The summed E-state index contributed by atoms with van der Waals surface area (Å²) in [5, 5.41) is 9.34. The molecular formula is C18H20N2O2. The van der Waals surface area contributed by atoms with Crippen molar-refractivity contribution < 1.29 is 9.90 Å². The highest BCUT2D eigenvalue weighted by Crippen LogP contribution is 2.02. The fourth-order valence-corrected chi connectivity index (χ4v) is 1.94. The van der Waals surface area contributed by atoms with E-state index in [2.05, 4.69) is 10.9 Å². The summed E-state index contributed by atoms with van der Waals surface area (Å²) in [5.41, 5.74) is 7.43. The quantitative estimate of drug-likeness (QED) is 0.684. The minimum absolute atomic E-state index is 0.102. The maximum Gasteiger partial charge on any atom is 0.238 e. The van der Waals surface area contributed by atoms with Crippen LogP contribution < -0.4 is 10.9 Å². The van der Waals surface area contributed by atoms with Crippen molar-refractivity contribution >= 4 is 12.0 Å². The molecule has 0 heterocycles. The molecule has 3 N–H and O–H groups in total. The van der Waals surface area contributed by atoms with Crippen LogP contribution in [0.3, 0.4) is 0 Å². The first-order valence-corrected chi connectivity index (χ1v) is 7.20. The fraction of sp³-hybridized carbons (Fsp3) is 0.167. The lowest BCUT2D eigenvalue weighted by molar-refractivity contribution is -0.121. The largest absolute Gasteiger partial charge is 0.394 e. The summed E-state index contributed by atoms with van der Waals surface area (Å²) in [6.07, 6.45) is 4.02. The van der Waals surface area contributed by atoms with Crippen LogP contribution in [0.25, 0.3) is 6.08 Å². The van der Waals surface area contributed by atoms with E-state index in [0.29, 0.717) is 6.42 Å². The lowest BCUT2D eigenvalue weighted by Gasteiger charge is -2.13. The summed E-state index contributed by atoms with van der Waals surface area (Å²) < 4.78 is 0. The third-order valence-corrected chi connectivity index (χ3v) is 3.12. The van der Waals surface area contributed by atoms with Crippen molar-refractivity contribution in [3.63, 3.8) is 0 Å². The van der Waals surface area contributed by atoms with Gasteiger partial charge in [-0.3, -0.25) is 10.2 Å². The van der Waals surface area contributed by atoms with E-state index in [1.165, 1.54) is 0 Å². The van der Waals surface area contributed by atoms with Gasteiger partial charge in [0.2, 0.25) is 5.91 Å². The molecule has 4 nitrogen and oxygen atoms in total. The maximum atomic E-state index is 11.8. The van der Waals surface area contributed by atoms with Crippen LogP contribution in [0.2, 0.25) is 0 Å². The SMILES string of the molecule is O=C(Cc1ccccc1)NNC(/C=C/c1ccccc1)CO. The van der Waals surface area contributed by atoms with Crippen LogP contribution in [0, 0.1) is 0 Å². The Kier molecular flexibility index (Phi) is 6.36. The molecular weight excluding hydrogens is 276 g/mol. The Hall–Kier alpha value is -2.43. The smallest absolute Gasteiger partial charge is 0.238 e. The van der Waals surface area contributed by atoms with E-state index in [4.69, 9.17) is 0 Å². The number of carbonyl (C=O) groups excluding carboxylic acids is 1. The fourth-order valence-electron chi connectivity index (χ4n) is 1.94. The molecule has 0 spiro atoms. The van der Waals surface area contributed by atoms with Crippen molar-refractivity contribution in [3.05, 3.63) is 77.9 Å². The number of carbonyl (C=O) groups is 1. The molecule has 1 amide bonds. The number of rotatable bonds is 7. The molecule has 4 heteroatoms. The van der Waals surface area contributed by atoms with Crippen LogP contribution in [-0.4, -0.2) is 23.7 Å². The van der Waals surface area contributed by atoms with E-state index in [-0.39, 0.29) is 18.6 Å². The molecule has 0 bridgehead atoms. The normalized spacial score (nSPS) is 12.2. The monoisotopic (exact) mass is 296 g/mol. The Labute approximate surface area is 130 Å². The third kappa shape index (κ3) is 5.52. The first kappa shape index (κ1) is 15.9. The van der Waals surface area contributed by atoms with Gasteiger partial charge in [0.25, 0.3) is 0 Å². The summed E-state index contributed by atoms with van der Waals surface area (Å²) in [6.45, 7) is -0.102. The number of benzene rings is 2. The minimum atomic E-state index is -0.333. The summed E-state index contributed by atoms with van der Waals surface area (Å²) >= 11 is 0. The second-order valence-corrected chi connectivity index (χ2v) is 4.91. The Bertz CT molecular complexity index is 597. The number of hydrogen-bond acceptors (Lipinski definition) is 3. The first-order chi connectivity index (χ1) is 10.8. The second kappa shape index (κ2) is 8.77. The molecule has 1 unspecified atom stereocenters. The molecule has 2 aromatic carbocycles. The molecule has 2 aromatic rings. The highest BCUT2D eigenvalue weighted by atomic mass is 16.3. The van der Waals surface area contributed by atoms with Gasteiger partial charge in [-0.2, -0.15) is 0 Å². The standard InChI is InChI=1S/C18H20N2O2/c21-14-17(12-11-15-7-3-1-4-8-15)19-20-18(22)13-16-9-5-2-6-10-16/h1-12,17,19,21H,13-14H2,(H,20,22)/b12-11+. The van der Waals surface area contributed by atoms with Gasteiger partial charge in [-0.15, -0.1) is 0 Å². The molecule has 1 atom stereocenters. The van der Waals surface area contributed by atoms with Gasteiger partial charge >= 0.3 is 0 Å². The van der Waals surface area contributed by atoms with Gasteiger partial charge in [-0.05, 0) is 11.1 Å². The summed E-state index contributed by atoms with van der Waals surface area (Å²) in [6, 6.07) is 19.0. The Balaban J connectivity index is 1.81. The molecule has 0 saturated heterocycles. The van der Waals surface area contributed by atoms with Crippen LogP contribution in [-0.2, 0) is 11.2 Å². The van der Waals surface area contributed by atoms with E-state index < -0.39 is 0 Å². The molecule has 0 fully saturated rings. The van der Waals surface area contributed by atoms with E-state index in [1.54, 1.807) is 0 Å². The Morgan fingerprint density at radius 3 is 2.32 bits per heavy atom. The highest BCUT2D eigenvalue weighted by Gasteiger charge is 2.06. The van der Waals surface area contributed by atoms with Crippen LogP contribution in [0.1, 0.15) is 11.1 Å². The number of hydrazine groups is 1. The molecule has 2 rings (SSSR count). The van der Waals surface area contributed by atoms with Crippen molar-refractivity contribution in [3.8, 4) is 0 Å².